The van der Waals surface area contributed by atoms with Crippen LogP contribution in [0.5, 0.6) is 5.88 Å². The van der Waals surface area contributed by atoms with E-state index < -0.39 is 0 Å². The van der Waals surface area contributed by atoms with Gasteiger partial charge in [0.2, 0.25) is 5.88 Å². The number of rotatable bonds is 5. The molecular formula is C13H17N3OS. The number of hydrogen-bond donors (Lipinski definition) is 1. The Bertz CT molecular complexity index is 495. The lowest BCUT2D eigenvalue weighted by atomic mass is 10.2. The van der Waals surface area contributed by atoms with Gasteiger partial charge in [0.1, 0.15) is 0 Å². The van der Waals surface area contributed by atoms with E-state index in [1.54, 1.807) is 18.4 Å². The molecule has 2 aromatic rings. The first-order valence-corrected chi connectivity index (χ1v) is 6.71. The maximum absolute atomic E-state index is 5.03. The van der Waals surface area contributed by atoms with Crippen LogP contribution >= 0.6 is 11.3 Å². The molecule has 0 radical (unpaired) electrons. The van der Waals surface area contributed by atoms with Gasteiger partial charge in [-0.3, -0.25) is 0 Å². The first-order valence-electron chi connectivity index (χ1n) is 5.83. The maximum atomic E-state index is 5.03. The van der Waals surface area contributed by atoms with E-state index in [1.165, 1.54) is 4.88 Å². The summed E-state index contributed by atoms with van der Waals surface area (Å²) in [4.78, 5) is 9.74. The number of ether oxygens (including phenoxy) is 1. The summed E-state index contributed by atoms with van der Waals surface area (Å²) in [6.07, 6.45) is 1.83. The lowest BCUT2D eigenvalue weighted by Crippen LogP contribution is -2.18. The van der Waals surface area contributed by atoms with Crippen molar-refractivity contribution >= 4 is 11.3 Å². The highest BCUT2D eigenvalue weighted by molar-refractivity contribution is 7.09. The van der Waals surface area contributed by atoms with Crippen molar-refractivity contribution < 1.29 is 4.74 Å². The largest absolute Gasteiger partial charge is 0.481 e. The Morgan fingerprint density at radius 3 is 2.78 bits per heavy atom. The first-order chi connectivity index (χ1) is 8.70. The van der Waals surface area contributed by atoms with Gasteiger partial charge < -0.3 is 10.1 Å². The van der Waals surface area contributed by atoms with Crippen LogP contribution in [0.4, 0.5) is 0 Å². The Morgan fingerprint density at radius 1 is 1.39 bits per heavy atom. The molecule has 0 spiro atoms. The molecule has 96 valence electrons. The molecule has 0 fully saturated rings. The lowest BCUT2D eigenvalue weighted by Gasteiger charge is -2.12. The van der Waals surface area contributed by atoms with Crippen molar-refractivity contribution in [3.8, 4) is 5.88 Å². The molecule has 2 rings (SSSR count). The smallest absolute Gasteiger partial charge is 0.212 e. The molecular weight excluding hydrogens is 246 g/mol. The molecule has 0 amide bonds. The fourth-order valence-electron chi connectivity index (χ4n) is 1.73. The van der Waals surface area contributed by atoms with E-state index in [0.29, 0.717) is 11.9 Å². The Hall–Kier alpha value is -1.46. The quantitative estimate of drug-likeness (QED) is 0.901. The van der Waals surface area contributed by atoms with E-state index in [-0.39, 0.29) is 0 Å². The van der Waals surface area contributed by atoms with Gasteiger partial charge in [-0.25, -0.2) is 9.97 Å². The van der Waals surface area contributed by atoms with Crippen molar-refractivity contribution in [2.45, 2.75) is 26.4 Å². The van der Waals surface area contributed by atoms with Crippen LogP contribution in [0.25, 0.3) is 0 Å². The number of nitrogens with one attached hydrogen (secondary N) is 1. The van der Waals surface area contributed by atoms with Crippen LogP contribution in [0.2, 0.25) is 0 Å². The third-order valence-electron chi connectivity index (χ3n) is 2.80. The summed E-state index contributed by atoms with van der Waals surface area (Å²) in [5, 5.41) is 3.47. The highest BCUT2D eigenvalue weighted by atomic mass is 32.1. The van der Waals surface area contributed by atoms with Crippen molar-refractivity contribution in [2.24, 2.45) is 0 Å². The number of methoxy groups -OCH3 is 1. The van der Waals surface area contributed by atoms with Gasteiger partial charge in [-0.1, -0.05) is 6.07 Å². The maximum Gasteiger partial charge on any atom is 0.212 e. The number of thiazole rings is 1. The number of pyridine rings is 1. The Morgan fingerprint density at radius 2 is 2.22 bits per heavy atom. The normalized spacial score (nSPS) is 12.4. The molecule has 0 bridgehead atoms. The predicted octanol–water partition coefficient (Wildman–Crippen LogP) is 2.71. The zero-order chi connectivity index (χ0) is 13.0. The van der Waals surface area contributed by atoms with Gasteiger partial charge in [0.05, 0.1) is 18.3 Å². The summed E-state index contributed by atoms with van der Waals surface area (Å²) in [6, 6.07) is 4.20. The van der Waals surface area contributed by atoms with Crippen LogP contribution in [0.1, 0.15) is 29.1 Å². The predicted molar refractivity (Wildman–Crippen MR) is 72.9 cm³/mol. The zero-order valence-electron chi connectivity index (χ0n) is 10.8. The molecule has 1 atom stereocenters. The summed E-state index contributed by atoms with van der Waals surface area (Å²) in [5.41, 5.74) is 4.13. The summed E-state index contributed by atoms with van der Waals surface area (Å²) >= 11 is 1.69. The van der Waals surface area contributed by atoms with Gasteiger partial charge in [-0.05, 0) is 19.4 Å². The third kappa shape index (κ3) is 3.05. The van der Waals surface area contributed by atoms with Crippen LogP contribution in [0.3, 0.4) is 0 Å². The molecule has 0 aliphatic heterocycles. The molecule has 1 unspecified atom stereocenters. The monoisotopic (exact) mass is 263 g/mol. The second-order valence-corrected chi connectivity index (χ2v) is 5.00. The summed E-state index contributed by atoms with van der Waals surface area (Å²) in [6.45, 7) is 4.98. The van der Waals surface area contributed by atoms with Crippen molar-refractivity contribution in [1.82, 2.24) is 15.3 Å². The standard InChI is InChI=1S/C13H17N3OS/c1-9(13-10(2)16-8-18-13)14-6-11-4-5-12(17-3)15-7-11/h4-5,7-9,14H,6H2,1-3H3. The van der Waals surface area contributed by atoms with E-state index in [0.717, 1.165) is 17.8 Å². The van der Waals surface area contributed by atoms with E-state index in [1.807, 2.05) is 30.8 Å². The van der Waals surface area contributed by atoms with Gasteiger partial charge in [0.15, 0.2) is 0 Å². The van der Waals surface area contributed by atoms with Crippen LogP contribution in [0, 0.1) is 6.92 Å². The first kappa shape index (κ1) is 13.0. The number of hydrogen-bond acceptors (Lipinski definition) is 5. The van der Waals surface area contributed by atoms with E-state index in [4.69, 9.17) is 4.74 Å². The second-order valence-electron chi connectivity index (χ2n) is 4.11. The Labute approximate surface area is 111 Å². The number of aryl methyl sites for hydroxylation is 1. The Balaban J connectivity index is 1.93. The fraction of sp³-hybridized carbons (Fsp3) is 0.385. The Kier molecular flexibility index (Phi) is 4.28. The molecule has 4 nitrogen and oxygen atoms in total. The topological polar surface area (TPSA) is 47.0 Å². The number of aromatic nitrogens is 2. The van der Waals surface area contributed by atoms with Crippen molar-refractivity contribution in [3.63, 3.8) is 0 Å². The molecule has 2 heterocycles. The van der Waals surface area contributed by atoms with Gasteiger partial charge in [0, 0.05) is 29.7 Å². The van der Waals surface area contributed by atoms with Gasteiger partial charge in [-0.15, -0.1) is 11.3 Å². The van der Waals surface area contributed by atoms with Crippen molar-refractivity contribution in [3.05, 3.63) is 40.0 Å². The van der Waals surface area contributed by atoms with Crippen LogP contribution in [-0.4, -0.2) is 17.1 Å². The SMILES string of the molecule is COc1ccc(CNC(C)c2scnc2C)cn1. The summed E-state index contributed by atoms with van der Waals surface area (Å²) in [5.74, 6) is 0.644. The molecule has 0 aromatic carbocycles. The van der Waals surface area contributed by atoms with E-state index in [2.05, 4.69) is 22.2 Å². The molecule has 0 saturated carbocycles. The molecule has 1 N–H and O–H groups in total. The van der Waals surface area contributed by atoms with E-state index in [9.17, 15) is 0 Å². The van der Waals surface area contributed by atoms with Crippen LogP contribution < -0.4 is 10.1 Å². The third-order valence-corrected chi connectivity index (χ3v) is 3.91. The van der Waals surface area contributed by atoms with Crippen LogP contribution in [0.15, 0.2) is 23.8 Å². The van der Waals surface area contributed by atoms with E-state index >= 15 is 0 Å². The van der Waals surface area contributed by atoms with Crippen molar-refractivity contribution in [2.75, 3.05) is 7.11 Å². The van der Waals surface area contributed by atoms with Crippen LogP contribution in [-0.2, 0) is 6.54 Å². The summed E-state index contributed by atoms with van der Waals surface area (Å²) < 4.78 is 5.03. The van der Waals surface area contributed by atoms with Gasteiger partial charge >= 0.3 is 0 Å². The minimum atomic E-state index is 0.305. The molecule has 0 saturated heterocycles. The molecule has 0 aliphatic carbocycles. The average Bonchev–Trinajstić information content (AvgIpc) is 2.83. The zero-order valence-corrected chi connectivity index (χ0v) is 11.6. The van der Waals surface area contributed by atoms with Crippen molar-refractivity contribution in [1.29, 1.82) is 0 Å². The molecule has 18 heavy (non-hydrogen) atoms. The van der Waals surface area contributed by atoms with Gasteiger partial charge in [0.25, 0.3) is 0 Å². The van der Waals surface area contributed by atoms with Gasteiger partial charge in [-0.2, -0.15) is 0 Å². The highest BCUT2D eigenvalue weighted by Crippen LogP contribution is 2.21. The minimum Gasteiger partial charge on any atom is -0.481 e. The fourth-order valence-corrected chi connectivity index (χ4v) is 2.56. The summed E-state index contributed by atoms with van der Waals surface area (Å²) in [7, 11) is 1.62. The lowest BCUT2D eigenvalue weighted by molar-refractivity contribution is 0.397. The average molecular weight is 263 g/mol. The molecule has 2 aromatic heterocycles. The molecule has 0 aliphatic rings. The second kappa shape index (κ2) is 5.93. The highest BCUT2D eigenvalue weighted by Gasteiger charge is 2.10. The number of nitrogens with zero attached hydrogens (tertiary/aromatic N) is 2. The minimum absolute atomic E-state index is 0.305. The molecule has 5 heteroatoms.